The molecule has 0 aliphatic rings. The molecule has 20 heavy (non-hydrogen) atoms. The summed E-state index contributed by atoms with van der Waals surface area (Å²) in [6.45, 7) is 0.276. The zero-order chi connectivity index (χ0) is 13.8. The van der Waals surface area contributed by atoms with E-state index in [4.69, 9.17) is 16.3 Å². The maximum absolute atomic E-state index is 6.04. The van der Waals surface area contributed by atoms with E-state index in [0.29, 0.717) is 16.6 Å². The number of pyridine rings is 1. The minimum absolute atomic E-state index is 0.276. The van der Waals surface area contributed by atoms with E-state index in [-0.39, 0.29) is 6.61 Å². The number of hydrogen-bond donors (Lipinski definition) is 0. The Balaban J connectivity index is 1.80. The highest BCUT2D eigenvalue weighted by Crippen LogP contribution is 2.24. The molecule has 0 aliphatic carbocycles. The summed E-state index contributed by atoms with van der Waals surface area (Å²) < 4.78 is 7.49. The number of halogens is 1. The Bertz CT molecular complexity index is 699. The average molecular weight is 287 g/mol. The third kappa shape index (κ3) is 2.62. The van der Waals surface area contributed by atoms with Crippen LogP contribution in [0, 0.1) is 0 Å². The summed E-state index contributed by atoms with van der Waals surface area (Å²) in [5, 5.41) is 8.53. The first kappa shape index (κ1) is 12.6. The van der Waals surface area contributed by atoms with Gasteiger partial charge in [-0.1, -0.05) is 23.7 Å². The average Bonchev–Trinajstić information content (AvgIpc) is 2.96. The van der Waals surface area contributed by atoms with E-state index in [2.05, 4.69) is 15.2 Å². The molecule has 3 rings (SSSR count). The van der Waals surface area contributed by atoms with Gasteiger partial charge in [0.2, 0.25) is 0 Å². The molecule has 100 valence electrons. The van der Waals surface area contributed by atoms with Crippen LogP contribution in [0.25, 0.3) is 5.69 Å². The summed E-state index contributed by atoms with van der Waals surface area (Å²) in [4.78, 5) is 4.08. The van der Waals surface area contributed by atoms with Gasteiger partial charge in [0.15, 0.2) is 5.82 Å². The summed E-state index contributed by atoms with van der Waals surface area (Å²) in [7, 11) is 0. The molecule has 0 unspecified atom stereocenters. The van der Waals surface area contributed by atoms with E-state index < -0.39 is 0 Å². The molecule has 0 N–H and O–H groups in total. The second kappa shape index (κ2) is 5.71. The Morgan fingerprint density at radius 3 is 2.85 bits per heavy atom. The van der Waals surface area contributed by atoms with Crippen LogP contribution in [0.2, 0.25) is 5.02 Å². The molecule has 0 saturated carbocycles. The Kier molecular flexibility index (Phi) is 3.60. The van der Waals surface area contributed by atoms with Crippen molar-refractivity contribution in [3.63, 3.8) is 0 Å². The van der Waals surface area contributed by atoms with Crippen molar-refractivity contribution >= 4 is 11.6 Å². The van der Waals surface area contributed by atoms with E-state index >= 15 is 0 Å². The number of aromatic nitrogens is 4. The quantitative estimate of drug-likeness (QED) is 0.740. The fourth-order valence-corrected chi connectivity index (χ4v) is 1.96. The molecule has 0 amide bonds. The SMILES string of the molecule is Clc1ccccc1OCc1nncn1-c1cccnc1. The first-order valence-corrected chi connectivity index (χ1v) is 6.39. The van der Waals surface area contributed by atoms with E-state index in [1.165, 1.54) is 0 Å². The van der Waals surface area contributed by atoms with Gasteiger partial charge in [0.25, 0.3) is 0 Å². The molecular formula is C14H11ClN4O. The monoisotopic (exact) mass is 286 g/mol. The van der Waals surface area contributed by atoms with Crippen molar-refractivity contribution in [3.8, 4) is 11.4 Å². The van der Waals surface area contributed by atoms with Gasteiger partial charge in [0.05, 0.1) is 16.9 Å². The van der Waals surface area contributed by atoms with Crippen LogP contribution in [0.15, 0.2) is 55.1 Å². The van der Waals surface area contributed by atoms with Gasteiger partial charge in [0.1, 0.15) is 18.7 Å². The van der Waals surface area contributed by atoms with Crippen LogP contribution in [-0.4, -0.2) is 19.7 Å². The fraction of sp³-hybridized carbons (Fsp3) is 0.0714. The van der Waals surface area contributed by atoms with Crippen LogP contribution in [0.1, 0.15) is 5.82 Å². The fourth-order valence-electron chi connectivity index (χ4n) is 1.77. The van der Waals surface area contributed by atoms with E-state index in [1.54, 1.807) is 24.8 Å². The number of rotatable bonds is 4. The standard InChI is InChI=1S/C14H11ClN4O/c15-12-5-1-2-6-13(12)20-9-14-18-17-10-19(14)11-4-3-7-16-8-11/h1-8,10H,9H2. The molecule has 2 heterocycles. The number of ether oxygens (including phenoxy) is 1. The maximum Gasteiger partial charge on any atom is 0.175 e. The smallest absolute Gasteiger partial charge is 0.175 e. The summed E-state index contributed by atoms with van der Waals surface area (Å²) in [6.07, 6.45) is 5.08. The van der Waals surface area contributed by atoms with Crippen molar-refractivity contribution in [3.05, 3.63) is 66.0 Å². The molecule has 2 aromatic heterocycles. The first-order chi connectivity index (χ1) is 9.84. The van der Waals surface area contributed by atoms with Crippen LogP contribution < -0.4 is 4.74 Å². The predicted octanol–water partition coefficient (Wildman–Crippen LogP) is 2.89. The summed E-state index contributed by atoms with van der Waals surface area (Å²) in [6, 6.07) is 11.1. The van der Waals surface area contributed by atoms with Gasteiger partial charge in [0, 0.05) is 6.20 Å². The van der Waals surface area contributed by atoms with Crippen molar-refractivity contribution < 1.29 is 4.74 Å². The van der Waals surface area contributed by atoms with Gasteiger partial charge in [-0.3, -0.25) is 9.55 Å². The normalized spacial score (nSPS) is 10.4. The molecule has 0 fully saturated rings. The van der Waals surface area contributed by atoms with Gasteiger partial charge in [-0.15, -0.1) is 10.2 Å². The minimum Gasteiger partial charge on any atom is -0.484 e. The third-order valence-electron chi connectivity index (χ3n) is 2.74. The maximum atomic E-state index is 6.04. The second-order valence-corrected chi connectivity index (χ2v) is 4.45. The second-order valence-electron chi connectivity index (χ2n) is 4.05. The number of para-hydroxylation sites is 1. The highest BCUT2D eigenvalue weighted by Gasteiger charge is 2.08. The Morgan fingerprint density at radius 2 is 2.05 bits per heavy atom. The topological polar surface area (TPSA) is 52.8 Å². The Morgan fingerprint density at radius 1 is 1.15 bits per heavy atom. The molecule has 0 bridgehead atoms. The highest BCUT2D eigenvalue weighted by atomic mass is 35.5. The van der Waals surface area contributed by atoms with Crippen molar-refractivity contribution in [1.82, 2.24) is 19.7 Å². The summed E-state index contributed by atoms with van der Waals surface area (Å²) in [5.74, 6) is 1.30. The molecule has 0 spiro atoms. The predicted molar refractivity (Wildman–Crippen MR) is 74.9 cm³/mol. The number of nitrogens with zero attached hydrogens (tertiary/aromatic N) is 4. The van der Waals surface area contributed by atoms with Gasteiger partial charge >= 0.3 is 0 Å². The van der Waals surface area contributed by atoms with Gasteiger partial charge in [-0.05, 0) is 24.3 Å². The zero-order valence-electron chi connectivity index (χ0n) is 10.5. The van der Waals surface area contributed by atoms with E-state index in [9.17, 15) is 0 Å². The summed E-state index contributed by atoms with van der Waals surface area (Å²) >= 11 is 6.04. The summed E-state index contributed by atoms with van der Waals surface area (Å²) in [5.41, 5.74) is 0.884. The lowest BCUT2D eigenvalue weighted by molar-refractivity contribution is 0.293. The lowest BCUT2D eigenvalue weighted by Crippen LogP contribution is -2.05. The molecule has 1 aromatic carbocycles. The van der Waals surface area contributed by atoms with Crippen LogP contribution in [0.3, 0.4) is 0 Å². The highest BCUT2D eigenvalue weighted by molar-refractivity contribution is 6.32. The largest absolute Gasteiger partial charge is 0.484 e. The number of benzene rings is 1. The lowest BCUT2D eigenvalue weighted by Gasteiger charge is -2.08. The molecule has 0 radical (unpaired) electrons. The minimum atomic E-state index is 0.276. The molecule has 0 saturated heterocycles. The van der Waals surface area contributed by atoms with Crippen molar-refractivity contribution in [1.29, 1.82) is 0 Å². The molecule has 3 aromatic rings. The van der Waals surface area contributed by atoms with Crippen LogP contribution in [0.4, 0.5) is 0 Å². The lowest BCUT2D eigenvalue weighted by atomic mass is 10.3. The Labute approximate surface area is 120 Å². The van der Waals surface area contributed by atoms with Crippen LogP contribution in [-0.2, 0) is 6.61 Å². The first-order valence-electron chi connectivity index (χ1n) is 6.01. The van der Waals surface area contributed by atoms with Gasteiger partial charge in [-0.25, -0.2) is 0 Å². The molecular weight excluding hydrogens is 276 g/mol. The van der Waals surface area contributed by atoms with Crippen molar-refractivity contribution in [2.75, 3.05) is 0 Å². The van der Waals surface area contributed by atoms with Crippen molar-refractivity contribution in [2.24, 2.45) is 0 Å². The number of hydrogen-bond acceptors (Lipinski definition) is 4. The third-order valence-corrected chi connectivity index (χ3v) is 3.05. The zero-order valence-corrected chi connectivity index (χ0v) is 11.2. The van der Waals surface area contributed by atoms with Gasteiger partial charge in [-0.2, -0.15) is 0 Å². The molecule has 6 heteroatoms. The molecule has 0 aliphatic heterocycles. The molecule has 0 atom stereocenters. The van der Waals surface area contributed by atoms with E-state index in [0.717, 1.165) is 5.69 Å². The van der Waals surface area contributed by atoms with Crippen LogP contribution >= 0.6 is 11.6 Å². The van der Waals surface area contributed by atoms with E-state index in [1.807, 2.05) is 34.9 Å². The van der Waals surface area contributed by atoms with Gasteiger partial charge < -0.3 is 4.74 Å². The molecule has 5 nitrogen and oxygen atoms in total. The van der Waals surface area contributed by atoms with Crippen LogP contribution in [0.5, 0.6) is 5.75 Å². The Hall–Kier alpha value is -2.40. The van der Waals surface area contributed by atoms with Crippen molar-refractivity contribution in [2.45, 2.75) is 6.61 Å².